The van der Waals surface area contributed by atoms with Crippen LogP contribution >= 0.6 is 0 Å². The SMILES string of the molecule is COc1ccccc1CCC(=O)N1CC2CCCC1C2. The third kappa shape index (κ3) is 2.67. The van der Waals surface area contributed by atoms with E-state index in [1.165, 1.54) is 25.7 Å². The Hall–Kier alpha value is -1.51. The Bertz CT molecular complexity index is 486. The molecule has 1 heterocycles. The molecule has 1 aliphatic heterocycles. The third-order valence-corrected chi connectivity index (χ3v) is 4.77. The van der Waals surface area contributed by atoms with Gasteiger partial charge in [-0.15, -0.1) is 0 Å². The highest BCUT2D eigenvalue weighted by atomic mass is 16.5. The number of carbonyl (C=O) groups excluding carboxylic acids is 1. The summed E-state index contributed by atoms with van der Waals surface area (Å²) in [6, 6.07) is 8.51. The summed E-state index contributed by atoms with van der Waals surface area (Å²) in [5.41, 5.74) is 1.13. The van der Waals surface area contributed by atoms with Gasteiger partial charge in [-0.05, 0) is 43.2 Å². The molecule has 1 aromatic carbocycles. The summed E-state index contributed by atoms with van der Waals surface area (Å²) in [5.74, 6) is 1.98. The van der Waals surface area contributed by atoms with E-state index in [-0.39, 0.29) is 0 Å². The van der Waals surface area contributed by atoms with Crippen molar-refractivity contribution in [3.63, 3.8) is 0 Å². The van der Waals surface area contributed by atoms with Crippen LogP contribution in [0.4, 0.5) is 0 Å². The number of rotatable bonds is 4. The fraction of sp³-hybridized carbons (Fsp3) is 0.588. The smallest absolute Gasteiger partial charge is 0.223 e. The highest BCUT2D eigenvalue weighted by molar-refractivity contribution is 5.77. The molecule has 0 spiro atoms. The topological polar surface area (TPSA) is 29.5 Å². The number of carbonyl (C=O) groups is 1. The zero-order chi connectivity index (χ0) is 13.9. The predicted molar refractivity (Wildman–Crippen MR) is 78.8 cm³/mol. The lowest BCUT2D eigenvalue weighted by molar-refractivity contribution is -0.132. The quantitative estimate of drug-likeness (QED) is 0.844. The highest BCUT2D eigenvalue weighted by Crippen LogP contribution is 2.35. The molecule has 1 saturated carbocycles. The van der Waals surface area contributed by atoms with E-state index in [1.807, 2.05) is 18.2 Å². The van der Waals surface area contributed by atoms with Gasteiger partial charge in [0.1, 0.15) is 5.75 Å². The number of hydrogen-bond acceptors (Lipinski definition) is 2. The highest BCUT2D eigenvalue weighted by Gasteiger charge is 2.37. The van der Waals surface area contributed by atoms with E-state index in [4.69, 9.17) is 4.74 Å². The van der Waals surface area contributed by atoms with E-state index in [0.717, 1.165) is 30.2 Å². The fourth-order valence-corrected chi connectivity index (χ4v) is 3.74. The molecular formula is C17H23NO2. The molecule has 3 nitrogen and oxygen atoms in total. The molecule has 2 fully saturated rings. The van der Waals surface area contributed by atoms with Crippen LogP contribution in [0.1, 0.15) is 37.7 Å². The molecule has 1 aliphatic carbocycles. The summed E-state index contributed by atoms with van der Waals surface area (Å²) in [5, 5.41) is 0. The van der Waals surface area contributed by atoms with E-state index in [9.17, 15) is 4.79 Å². The number of hydrogen-bond donors (Lipinski definition) is 0. The van der Waals surface area contributed by atoms with Crippen LogP contribution in [-0.4, -0.2) is 30.5 Å². The minimum atomic E-state index is 0.324. The summed E-state index contributed by atoms with van der Waals surface area (Å²) < 4.78 is 5.35. The molecule has 2 aliphatic rings. The normalized spacial score (nSPS) is 24.8. The number of fused-ring (bicyclic) bond motifs is 2. The molecule has 20 heavy (non-hydrogen) atoms. The number of ether oxygens (including phenoxy) is 1. The van der Waals surface area contributed by atoms with Gasteiger partial charge in [0.25, 0.3) is 0 Å². The van der Waals surface area contributed by atoms with Crippen LogP contribution in [0, 0.1) is 5.92 Å². The van der Waals surface area contributed by atoms with Crippen molar-refractivity contribution >= 4 is 5.91 Å². The van der Waals surface area contributed by atoms with Gasteiger partial charge in [-0.25, -0.2) is 0 Å². The molecule has 3 heteroatoms. The van der Waals surface area contributed by atoms with Gasteiger partial charge in [-0.2, -0.15) is 0 Å². The number of aryl methyl sites for hydroxylation is 1. The van der Waals surface area contributed by atoms with Crippen LogP contribution in [0.25, 0.3) is 0 Å². The first kappa shape index (κ1) is 13.5. The van der Waals surface area contributed by atoms with E-state index >= 15 is 0 Å². The van der Waals surface area contributed by atoms with Crippen LogP contribution < -0.4 is 4.74 Å². The lowest BCUT2D eigenvalue weighted by Crippen LogP contribution is -2.35. The van der Waals surface area contributed by atoms with Crippen LogP contribution in [0.15, 0.2) is 24.3 Å². The average Bonchev–Trinajstić information content (AvgIpc) is 2.79. The summed E-state index contributed by atoms with van der Waals surface area (Å²) in [6.07, 6.45) is 6.43. The number of para-hydroxylation sites is 1. The van der Waals surface area contributed by atoms with Gasteiger partial charge in [0, 0.05) is 19.0 Å². The summed E-state index contributed by atoms with van der Waals surface area (Å²) in [7, 11) is 1.68. The Labute approximate surface area is 120 Å². The Kier molecular flexibility index (Phi) is 3.95. The maximum atomic E-state index is 12.4. The predicted octanol–water partition coefficient (Wildman–Crippen LogP) is 3.03. The largest absolute Gasteiger partial charge is 0.496 e. The van der Waals surface area contributed by atoms with Crippen molar-refractivity contribution < 1.29 is 9.53 Å². The van der Waals surface area contributed by atoms with Gasteiger partial charge in [-0.1, -0.05) is 24.6 Å². The molecule has 0 aromatic heterocycles. The van der Waals surface area contributed by atoms with Gasteiger partial charge in [-0.3, -0.25) is 4.79 Å². The maximum absolute atomic E-state index is 12.4. The van der Waals surface area contributed by atoms with E-state index in [0.29, 0.717) is 18.4 Å². The minimum Gasteiger partial charge on any atom is -0.496 e. The molecule has 3 rings (SSSR count). The first-order valence-electron chi connectivity index (χ1n) is 7.69. The number of amides is 1. The Morgan fingerprint density at radius 3 is 3.00 bits per heavy atom. The van der Waals surface area contributed by atoms with Gasteiger partial charge in [0.05, 0.1) is 7.11 Å². The minimum absolute atomic E-state index is 0.324. The van der Waals surface area contributed by atoms with Crippen LogP contribution in [0.5, 0.6) is 5.75 Å². The molecule has 2 atom stereocenters. The summed E-state index contributed by atoms with van der Waals surface area (Å²) >= 11 is 0. The Balaban J connectivity index is 1.59. The van der Waals surface area contributed by atoms with Gasteiger partial charge < -0.3 is 9.64 Å². The van der Waals surface area contributed by atoms with E-state index < -0.39 is 0 Å². The first-order chi connectivity index (χ1) is 9.78. The molecule has 2 unspecified atom stereocenters. The first-order valence-corrected chi connectivity index (χ1v) is 7.69. The number of nitrogens with zero attached hydrogens (tertiary/aromatic N) is 1. The fourth-order valence-electron chi connectivity index (χ4n) is 3.74. The van der Waals surface area contributed by atoms with Crippen LogP contribution in [0.2, 0.25) is 0 Å². The van der Waals surface area contributed by atoms with E-state index in [1.54, 1.807) is 7.11 Å². The van der Waals surface area contributed by atoms with Crippen LogP contribution in [-0.2, 0) is 11.2 Å². The monoisotopic (exact) mass is 273 g/mol. The lowest BCUT2D eigenvalue weighted by atomic mass is 9.90. The lowest BCUT2D eigenvalue weighted by Gasteiger charge is -2.24. The second kappa shape index (κ2) is 5.86. The van der Waals surface area contributed by atoms with E-state index in [2.05, 4.69) is 11.0 Å². The molecule has 108 valence electrons. The second-order valence-electron chi connectivity index (χ2n) is 6.04. The summed E-state index contributed by atoms with van der Waals surface area (Å²) in [6.45, 7) is 0.995. The van der Waals surface area contributed by atoms with Crippen molar-refractivity contribution in [3.8, 4) is 5.75 Å². The van der Waals surface area contributed by atoms with Gasteiger partial charge in [0.2, 0.25) is 5.91 Å². The van der Waals surface area contributed by atoms with Crippen molar-refractivity contribution in [2.24, 2.45) is 5.92 Å². The zero-order valence-electron chi connectivity index (χ0n) is 12.2. The number of benzene rings is 1. The van der Waals surface area contributed by atoms with Crippen molar-refractivity contribution in [3.05, 3.63) is 29.8 Å². The Morgan fingerprint density at radius 2 is 2.20 bits per heavy atom. The zero-order valence-corrected chi connectivity index (χ0v) is 12.2. The standard InChI is InChI=1S/C17H23NO2/c1-20-16-8-3-2-6-14(16)9-10-17(19)18-12-13-5-4-7-15(18)11-13/h2-3,6,8,13,15H,4-5,7,9-12H2,1H3. The molecule has 1 saturated heterocycles. The molecule has 0 radical (unpaired) electrons. The number of likely N-dealkylation sites (tertiary alicyclic amines) is 1. The third-order valence-electron chi connectivity index (χ3n) is 4.77. The average molecular weight is 273 g/mol. The van der Waals surface area contributed by atoms with Gasteiger partial charge >= 0.3 is 0 Å². The maximum Gasteiger partial charge on any atom is 0.223 e. The van der Waals surface area contributed by atoms with Crippen molar-refractivity contribution in [1.82, 2.24) is 4.90 Å². The van der Waals surface area contributed by atoms with Crippen LogP contribution in [0.3, 0.4) is 0 Å². The molecule has 1 aromatic rings. The molecule has 0 N–H and O–H groups in total. The Morgan fingerprint density at radius 1 is 1.35 bits per heavy atom. The second-order valence-corrected chi connectivity index (χ2v) is 6.04. The summed E-state index contributed by atoms with van der Waals surface area (Å²) in [4.78, 5) is 14.6. The van der Waals surface area contributed by atoms with Crippen molar-refractivity contribution in [2.75, 3.05) is 13.7 Å². The number of methoxy groups -OCH3 is 1. The molecule has 1 amide bonds. The van der Waals surface area contributed by atoms with Gasteiger partial charge in [0.15, 0.2) is 0 Å². The van der Waals surface area contributed by atoms with Crippen molar-refractivity contribution in [1.29, 1.82) is 0 Å². The molecular weight excluding hydrogens is 250 g/mol. The molecule has 2 bridgehead atoms. The van der Waals surface area contributed by atoms with Crippen molar-refractivity contribution in [2.45, 2.75) is 44.6 Å².